The van der Waals surface area contributed by atoms with Crippen molar-refractivity contribution in [3.05, 3.63) is 24.3 Å². The van der Waals surface area contributed by atoms with Crippen LogP contribution < -0.4 is 0 Å². The number of carbonyl (C=O) groups excluding carboxylic acids is 1. The molecule has 0 fully saturated rings. The molecule has 0 aliphatic heterocycles. The van der Waals surface area contributed by atoms with E-state index in [0.717, 1.165) is 7.11 Å². The third-order valence-corrected chi connectivity index (χ3v) is 1.33. The molecule has 0 spiro atoms. The predicted molar refractivity (Wildman–Crippen MR) is 47.1 cm³/mol. The molecule has 0 heterocycles. The number of rotatable bonds is 4. The Morgan fingerprint density at radius 2 is 2.00 bits per heavy atom. The van der Waals surface area contributed by atoms with Crippen molar-refractivity contribution < 1.29 is 19.4 Å². The fourth-order valence-electron chi connectivity index (χ4n) is 0.675. The van der Waals surface area contributed by atoms with Gasteiger partial charge in [-0.2, -0.15) is 0 Å². The Hall–Kier alpha value is -1.58. The number of hydrogen-bond acceptors (Lipinski definition) is 3. The van der Waals surface area contributed by atoms with Crippen molar-refractivity contribution in [2.24, 2.45) is 5.92 Å². The summed E-state index contributed by atoms with van der Waals surface area (Å²) in [7, 11) is 1.15. The van der Waals surface area contributed by atoms with Gasteiger partial charge in [-0.05, 0) is 6.92 Å². The van der Waals surface area contributed by atoms with Gasteiger partial charge in [0.2, 0.25) is 0 Å². The smallest absolute Gasteiger partial charge is 0.323 e. The van der Waals surface area contributed by atoms with Gasteiger partial charge in [0, 0.05) is 0 Å². The second-order valence-electron chi connectivity index (χ2n) is 2.25. The summed E-state index contributed by atoms with van der Waals surface area (Å²) in [5, 5.41) is 8.60. The topological polar surface area (TPSA) is 63.6 Å². The number of methoxy groups -OCH3 is 1. The number of aliphatic carboxylic acids is 1. The molecule has 4 nitrogen and oxygen atoms in total. The maximum absolute atomic E-state index is 10.9. The van der Waals surface area contributed by atoms with Crippen LogP contribution in [0.5, 0.6) is 0 Å². The van der Waals surface area contributed by atoms with Crippen LogP contribution in [0.1, 0.15) is 6.92 Å². The van der Waals surface area contributed by atoms with E-state index in [1.165, 1.54) is 12.2 Å². The highest BCUT2D eigenvalue weighted by atomic mass is 16.5. The Balaban J connectivity index is 4.44. The Kier molecular flexibility index (Phi) is 5.27. The minimum absolute atomic E-state index is 0.770. The van der Waals surface area contributed by atoms with E-state index in [1.54, 1.807) is 19.1 Å². The summed E-state index contributed by atoms with van der Waals surface area (Å²) >= 11 is 0. The monoisotopic (exact) mass is 184 g/mol. The Morgan fingerprint density at radius 1 is 1.38 bits per heavy atom. The lowest BCUT2D eigenvalue weighted by Crippen LogP contribution is -2.22. The predicted octanol–water partition coefficient (Wildman–Crippen LogP) is 0.992. The van der Waals surface area contributed by atoms with Gasteiger partial charge in [-0.1, -0.05) is 24.3 Å². The highest BCUT2D eigenvalue weighted by Crippen LogP contribution is 2.02. The molecular weight excluding hydrogens is 172 g/mol. The van der Waals surface area contributed by atoms with Crippen molar-refractivity contribution in [2.75, 3.05) is 7.11 Å². The summed E-state index contributed by atoms with van der Waals surface area (Å²) < 4.78 is 4.31. The van der Waals surface area contributed by atoms with Gasteiger partial charge < -0.3 is 9.84 Å². The highest BCUT2D eigenvalue weighted by molar-refractivity contribution is 5.95. The van der Waals surface area contributed by atoms with Crippen LogP contribution in [0.25, 0.3) is 0 Å². The number of hydrogen-bond donors (Lipinski definition) is 1. The van der Waals surface area contributed by atoms with Crippen LogP contribution in [-0.4, -0.2) is 24.2 Å². The van der Waals surface area contributed by atoms with Gasteiger partial charge in [-0.3, -0.25) is 9.59 Å². The molecule has 0 radical (unpaired) electrons. The van der Waals surface area contributed by atoms with Crippen LogP contribution in [0, 0.1) is 5.92 Å². The minimum atomic E-state index is -1.22. The molecular formula is C9H12O4. The minimum Gasteiger partial charge on any atom is -0.480 e. The third kappa shape index (κ3) is 4.10. The molecule has 0 amide bonds. The lowest BCUT2D eigenvalue weighted by molar-refractivity contribution is -0.154. The Morgan fingerprint density at radius 3 is 2.38 bits per heavy atom. The first-order valence-corrected chi connectivity index (χ1v) is 3.73. The second kappa shape index (κ2) is 5.99. The molecule has 0 aromatic heterocycles. The fraction of sp³-hybridized carbons (Fsp3) is 0.333. The summed E-state index contributed by atoms with van der Waals surface area (Å²) in [4.78, 5) is 21.4. The van der Waals surface area contributed by atoms with E-state index in [2.05, 4.69) is 4.74 Å². The van der Waals surface area contributed by atoms with Crippen LogP contribution in [-0.2, 0) is 14.3 Å². The van der Waals surface area contributed by atoms with Gasteiger partial charge in [-0.25, -0.2) is 0 Å². The lowest BCUT2D eigenvalue weighted by atomic mass is 10.1. The summed E-state index contributed by atoms with van der Waals surface area (Å²) in [6.07, 6.45) is 6.13. The molecule has 1 unspecified atom stereocenters. The van der Waals surface area contributed by atoms with E-state index in [0.29, 0.717) is 0 Å². The van der Waals surface area contributed by atoms with Crippen LogP contribution in [0.2, 0.25) is 0 Å². The van der Waals surface area contributed by atoms with E-state index in [9.17, 15) is 9.59 Å². The van der Waals surface area contributed by atoms with Crippen molar-refractivity contribution in [1.82, 2.24) is 0 Å². The molecule has 0 aromatic rings. The molecule has 1 N–H and O–H groups in total. The summed E-state index contributed by atoms with van der Waals surface area (Å²) in [5.74, 6) is -3.21. The Labute approximate surface area is 76.5 Å². The van der Waals surface area contributed by atoms with E-state index in [1.807, 2.05) is 0 Å². The molecule has 4 heteroatoms. The molecule has 0 aliphatic rings. The van der Waals surface area contributed by atoms with Gasteiger partial charge in [0.15, 0.2) is 5.92 Å². The summed E-state index contributed by atoms with van der Waals surface area (Å²) in [6.45, 7) is 1.79. The number of carboxylic acids is 1. The molecule has 13 heavy (non-hydrogen) atoms. The largest absolute Gasteiger partial charge is 0.480 e. The highest BCUT2D eigenvalue weighted by Gasteiger charge is 2.23. The first-order chi connectivity index (χ1) is 6.13. The van der Waals surface area contributed by atoms with Gasteiger partial charge in [0.05, 0.1) is 7.11 Å². The maximum Gasteiger partial charge on any atom is 0.323 e. The average Bonchev–Trinajstić information content (AvgIpc) is 2.11. The number of ether oxygens (including phenoxy) is 1. The van der Waals surface area contributed by atoms with Crippen molar-refractivity contribution in [3.63, 3.8) is 0 Å². The zero-order valence-electron chi connectivity index (χ0n) is 7.56. The van der Waals surface area contributed by atoms with Crippen LogP contribution >= 0.6 is 0 Å². The zero-order valence-corrected chi connectivity index (χ0v) is 7.56. The zero-order chi connectivity index (χ0) is 10.3. The molecule has 72 valence electrons. The van der Waals surface area contributed by atoms with Gasteiger partial charge >= 0.3 is 11.9 Å². The second-order valence-corrected chi connectivity index (χ2v) is 2.25. The Bertz CT molecular complexity index is 240. The maximum atomic E-state index is 10.9. The van der Waals surface area contributed by atoms with Gasteiger partial charge in [0.25, 0.3) is 0 Å². The number of allylic oxidation sites excluding steroid dienone is 3. The lowest BCUT2D eigenvalue weighted by Gasteiger charge is -2.03. The third-order valence-electron chi connectivity index (χ3n) is 1.33. The van der Waals surface area contributed by atoms with Crippen LogP contribution in [0.15, 0.2) is 24.3 Å². The molecule has 0 aromatic carbocycles. The van der Waals surface area contributed by atoms with E-state index < -0.39 is 17.9 Å². The molecule has 0 aliphatic carbocycles. The van der Waals surface area contributed by atoms with Crippen molar-refractivity contribution in [2.45, 2.75) is 6.92 Å². The van der Waals surface area contributed by atoms with E-state index in [-0.39, 0.29) is 0 Å². The van der Waals surface area contributed by atoms with Crippen LogP contribution in [0.3, 0.4) is 0 Å². The first kappa shape index (κ1) is 11.4. The summed E-state index contributed by atoms with van der Waals surface area (Å²) in [5.41, 5.74) is 0. The van der Waals surface area contributed by atoms with Crippen molar-refractivity contribution >= 4 is 11.9 Å². The first-order valence-electron chi connectivity index (χ1n) is 3.73. The average molecular weight is 184 g/mol. The number of carbonyl (C=O) groups is 2. The van der Waals surface area contributed by atoms with Gasteiger partial charge in [-0.15, -0.1) is 0 Å². The molecule has 1 atom stereocenters. The number of carboxylic acid groups (broad SMARTS) is 1. The van der Waals surface area contributed by atoms with E-state index in [4.69, 9.17) is 5.11 Å². The van der Waals surface area contributed by atoms with Crippen molar-refractivity contribution in [3.8, 4) is 0 Å². The number of esters is 1. The normalized spacial score (nSPS) is 13.4. The van der Waals surface area contributed by atoms with Crippen molar-refractivity contribution in [1.29, 1.82) is 0 Å². The molecule has 0 bridgehead atoms. The van der Waals surface area contributed by atoms with E-state index >= 15 is 0 Å². The molecule has 0 saturated heterocycles. The summed E-state index contributed by atoms with van der Waals surface area (Å²) in [6, 6.07) is 0. The fourth-order valence-corrected chi connectivity index (χ4v) is 0.675. The SMILES string of the molecule is C/C=C\C=C/C(C(=O)O)C(=O)OC. The molecule has 0 rings (SSSR count). The van der Waals surface area contributed by atoms with Crippen LogP contribution in [0.4, 0.5) is 0 Å². The van der Waals surface area contributed by atoms with Gasteiger partial charge in [0.1, 0.15) is 0 Å². The molecule has 0 saturated carbocycles. The standard InChI is InChI=1S/C9H12O4/c1-3-4-5-6-7(8(10)11)9(12)13-2/h3-7H,1-2H3,(H,10,11)/b4-3-,6-5-. The quantitative estimate of drug-likeness (QED) is 0.402.